The van der Waals surface area contributed by atoms with Gasteiger partial charge in [0.2, 0.25) is 0 Å². The number of rotatable bonds is 3. The number of carbonyl (C=O) groups is 1. The first-order valence-electron chi connectivity index (χ1n) is 3.96. The first-order chi connectivity index (χ1) is 7.34. The molecule has 0 unspecified atom stereocenters. The van der Waals surface area contributed by atoms with Gasteiger partial charge >= 0.3 is 5.97 Å². The molecule has 86 valence electrons. The van der Waals surface area contributed by atoms with Crippen LogP contribution in [0.2, 0.25) is 0 Å². The highest BCUT2D eigenvalue weighted by Gasteiger charge is 2.26. The van der Waals surface area contributed by atoms with Gasteiger partial charge < -0.3 is 10.8 Å². The van der Waals surface area contributed by atoms with Gasteiger partial charge in [-0.3, -0.25) is 14.9 Å². The number of nitrogens with zero attached hydrogens (tertiary/aromatic N) is 1. The summed E-state index contributed by atoms with van der Waals surface area (Å²) in [6.07, 6.45) is 0. The number of nitrogens with two attached hydrogens (primary N) is 1. The SMILES string of the molecule is N[C@H](C(=O)O)c1cc(F)c(F)cc1[N+](=O)[O-]. The summed E-state index contributed by atoms with van der Waals surface area (Å²) in [4.78, 5) is 20.0. The van der Waals surface area contributed by atoms with E-state index in [0.29, 0.717) is 12.1 Å². The summed E-state index contributed by atoms with van der Waals surface area (Å²) in [6.45, 7) is 0. The van der Waals surface area contributed by atoms with Gasteiger partial charge in [0.25, 0.3) is 5.69 Å². The molecule has 0 saturated heterocycles. The molecule has 0 aromatic heterocycles. The molecule has 0 saturated carbocycles. The minimum atomic E-state index is -1.78. The first kappa shape index (κ1) is 12.0. The summed E-state index contributed by atoms with van der Waals surface area (Å²) in [5.41, 5.74) is 3.65. The van der Waals surface area contributed by atoms with Crippen molar-refractivity contribution in [1.82, 2.24) is 0 Å². The molecule has 0 spiro atoms. The van der Waals surface area contributed by atoms with Crippen molar-refractivity contribution in [2.75, 3.05) is 0 Å². The second-order valence-corrected chi connectivity index (χ2v) is 2.90. The van der Waals surface area contributed by atoms with Crippen LogP contribution in [0.15, 0.2) is 12.1 Å². The Morgan fingerprint density at radius 2 is 1.94 bits per heavy atom. The maximum absolute atomic E-state index is 12.8. The van der Waals surface area contributed by atoms with Crippen LogP contribution in [0.1, 0.15) is 11.6 Å². The number of nitro benzene ring substituents is 1. The summed E-state index contributed by atoms with van der Waals surface area (Å²) < 4.78 is 25.5. The molecule has 1 aromatic carbocycles. The highest BCUT2D eigenvalue weighted by molar-refractivity contribution is 5.77. The van der Waals surface area contributed by atoms with Crippen LogP contribution in [-0.2, 0) is 4.79 Å². The van der Waals surface area contributed by atoms with E-state index in [1.165, 1.54) is 0 Å². The summed E-state index contributed by atoms with van der Waals surface area (Å²) in [5.74, 6) is -4.40. The van der Waals surface area contributed by atoms with Gasteiger partial charge in [-0.15, -0.1) is 0 Å². The Morgan fingerprint density at radius 3 is 2.38 bits per heavy atom. The lowest BCUT2D eigenvalue weighted by Crippen LogP contribution is -2.22. The Hall–Kier alpha value is -2.09. The Balaban J connectivity index is 3.41. The number of benzene rings is 1. The van der Waals surface area contributed by atoms with Crippen molar-refractivity contribution in [2.24, 2.45) is 5.73 Å². The van der Waals surface area contributed by atoms with Gasteiger partial charge in [0.05, 0.1) is 16.6 Å². The molecule has 6 nitrogen and oxygen atoms in total. The first-order valence-corrected chi connectivity index (χ1v) is 3.96. The second kappa shape index (κ2) is 4.19. The van der Waals surface area contributed by atoms with Crippen molar-refractivity contribution in [2.45, 2.75) is 6.04 Å². The molecule has 0 aliphatic rings. The Bertz CT molecular complexity index is 464. The third-order valence-electron chi connectivity index (χ3n) is 1.87. The smallest absolute Gasteiger partial charge is 0.325 e. The molecule has 3 N–H and O–H groups in total. The quantitative estimate of drug-likeness (QED) is 0.596. The standard InChI is InChI=1S/C8H6F2N2O4/c9-4-1-3(7(11)8(13)14)6(12(15)16)2-5(4)10/h1-2,7H,11H2,(H,13,14)/t7-/m0/s1. The molecular formula is C8H6F2N2O4. The van der Waals surface area contributed by atoms with Crippen LogP contribution < -0.4 is 5.73 Å². The van der Waals surface area contributed by atoms with Crippen molar-refractivity contribution in [1.29, 1.82) is 0 Å². The average Bonchev–Trinajstić information content (AvgIpc) is 2.19. The van der Waals surface area contributed by atoms with Crippen molar-refractivity contribution in [3.8, 4) is 0 Å². The third-order valence-corrected chi connectivity index (χ3v) is 1.87. The molecule has 0 aliphatic heterocycles. The molecule has 0 amide bonds. The van der Waals surface area contributed by atoms with E-state index in [0.717, 1.165) is 0 Å². The van der Waals surface area contributed by atoms with E-state index in [1.807, 2.05) is 0 Å². The number of nitro groups is 1. The maximum Gasteiger partial charge on any atom is 0.325 e. The fraction of sp³-hybridized carbons (Fsp3) is 0.125. The molecule has 1 atom stereocenters. The lowest BCUT2D eigenvalue weighted by molar-refractivity contribution is -0.385. The number of halogens is 2. The van der Waals surface area contributed by atoms with Crippen molar-refractivity contribution in [3.05, 3.63) is 39.4 Å². The average molecular weight is 232 g/mol. The molecule has 8 heteroatoms. The second-order valence-electron chi connectivity index (χ2n) is 2.90. The fourth-order valence-electron chi connectivity index (χ4n) is 1.09. The van der Waals surface area contributed by atoms with Crippen molar-refractivity contribution < 1.29 is 23.6 Å². The Labute approximate surface area is 87.4 Å². The predicted molar refractivity (Wildman–Crippen MR) is 47.6 cm³/mol. The van der Waals surface area contributed by atoms with Crippen LogP contribution in [0.5, 0.6) is 0 Å². The number of carboxylic acids is 1. The molecule has 0 bridgehead atoms. The van der Waals surface area contributed by atoms with Gasteiger partial charge in [0.15, 0.2) is 11.6 Å². The highest BCUT2D eigenvalue weighted by atomic mass is 19.2. The van der Waals surface area contributed by atoms with E-state index in [-0.39, 0.29) is 0 Å². The van der Waals surface area contributed by atoms with E-state index in [4.69, 9.17) is 10.8 Å². The fourth-order valence-corrected chi connectivity index (χ4v) is 1.09. The number of hydrogen-bond acceptors (Lipinski definition) is 4. The summed E-state index contributed by atoms with van der Waals surface area (Å²) >= 11 is 0. The largest absolute Gasteiger partial charge is 0.480 e. The molecule has 0 radical (unpaired) electrons. The molecule has 0 fully saturated rings. The number of carboxylic acid groups (broad SMARTS) is 1. The maximum atomic E-state index is 12.8. The lowest BCUT2D eigenvalue weighted by atomic mass is 10.1. The van der Waals surface area contributed by atoms with Crippen LogP contribution in [0.3, 0.4) is 0 Å². The molecule has 0 aliphatic carbocycles. The van der Waals surface area contributed by atoms with Gasteiger partial charge in [-0.1, -0.05) is 0 Å². The van der Waals surface area contributed by atoms with Gasteiger partial charge in [-0.25, -0.2) is 8.78 Å². The number of hydrogen-bond donors (Lipinski definition) is 2. The molecule has 0 heterocycles. The molecular weight excluding hydrogens is 226 g/mol. The summed E-state index contributed by atoms with van der Waals surface area (Å²) in [7, 11) is 0. The molecule has 16 heavy (non-hydrogen) atoms. The van der Waals surface area contributed by atoms with Crippen molar-refractivity contribution in [3.63, 3.8) is 0 Å². The molecule has 1 rings (SSSR count). The van der Waals surface area contributed by atoms with Crippen LogP contribution >= 0.6 is 0 Å². The van der Waals surface area contributed by atoms with Crippen LogP contribution in [0.4, 0.5) is 14.5 Å². The van der Waals surface area contributed by atoms with Gasteiger partial charge in [0, 0.05) is 0 Å². The van der Waals surface area contributed by atoms with E-state index in [1.54, 1.807) is 0 Å². The van der Waals surface area contributed by atoms with Crippen molar-refractivity contribution >= 4 is 11.7 Å². The normalized spacial score (nSPS) is 12.2. The third kappa shape index (κ3) is 2.11. The molecule has 1 aromatic rings. The zero-order chi connectivity index (χ0) is 12.5. The monoisotopic (exact) mass is 232 g/mol. The van der Waals surface area contributed by atoms with E-state index < -0.39 is 39.8 Å². The van der Waals surface area contributed by atoms with Crippen LogP contribution in [0.25, 0.3) is 0 Å². The summed E-state index contributed by atoms with van der Waals surface area (Å²) in [5, 5.41) is 19.0. The van der Waals surface area contributed by atoms with Gasteiger partial charge in [-0.2, -0.15) is 0 Å². The van der Waals surface area contributed by atoms with E-state index in [2.05, 4.69) is 0 Å². The van der Waals surface area contributed by atoms with Gasteiger partial charge in [0.1, 0.15) is 6.04 Å². The predicted octanol–water partition coefficient (Wildman–Crippen LogP) is 0.957. The zero-order valence-electron chi connectivity index (χ0n) is 7.68. The lowest BCUT2D eigenvalue weighted by Gasteiger charge is -2.07. The van der Waals surface area contributed by atoms with Gasteiger partial charge in [-0.05, 0) is 6.07 Å². The minimum absolute atomic E-state index is 0.299. The van der Waals surface area contributed by atoms with E-state index >= 15 is 0 Å². The Morgan fingerprint density at radius 1 is 1.44 bits per heavy atom. The highest BCUT2D eigenvalue weighted by Crippen LogP contribution is 2.26. The summed E-state index contributed by atoms with van der Waals surface area (Å²) in [6, 6.07) is -1.07. The minimum Gasteiger partial charge on any atom is -0.480 e. The number of aliphatic carboxylic acids is 1. The van der Waals surface area contributed by atoms with Crippen LogP contribution in [-0.4, -0.2) is 16.0 Å². The van der Waals surface area contributed by atoms with Crippen LogP contribution in [0, 0.1) is 21.7 Å². The zero-order valence-corrected chi connectivity index (χ0v) is 7.68. The van der Waals surface area contributed by atoms with E-state index in [9.17, 15) is 23.7 Å². The topological polar surface area (TPSA) is 106 Å². The Kier molecular flexibility index (Phi) is 3.14.